The molecule has 0 aromatic heterocycles. The van der Waals surface area contributed by atoms with E-state index in [0.29, 0.717) is 5.70 Å². The second-order valence-corrected chi connectivity index (χ2v) is 4.48. The van der Waals surface area contributed by atoms with E-state index in [0.717, 1.165) is 0 Å². The van der Waals surface area contributed by atoms with Crippen LogP contribution in [0.2, 0.25) is 0 Å². The van der Waals surface area contributed by atoms with Gasteiger partial charge >= 0.3 is 5.97 Å². The Morgan fingerprint density at radius 2 is 2.21 bits per heavy atom. The van der Waals surface area contributed by atoms with Gasteiger partial charge in [0, 0.05) is 0 Å². The SMILES string of the molecule is CC(C)(C)OC(=O)C1=CC=CC(Cl)N1. The number of hydrogen-bond acceptors (Lipinski definition) is 3. The summed E-state index contributed by atoms with van der Waals surface area (Å²) in [7, 11) is 0. The molecule has 1 aliphatic rings. The van der Waals surface area contributed by atoms with Gasteiger partial charge < -0.3 is 10.1 Å². The molecule has 0 aromatic rings. The highest BCUT2D eigenvalue weighted by Gasteiger charge is 2.21. The summed E-state index contributed by atoms with van der Waals surface area (Å²) in [6, 6.07) is 0. The maximum absolute atomic E-state index is 11.5. The van der Waals surface area contributed by atoms with Crippen molar-refractivity contribution in [1.82, 2.24) is 5.32 Å². The van der Waals surface area contributed by atoms with Gasteiger partial charge in [0.1, 0.15) is 16.8 Å². The van der Waals surface area contributed by atoms with E-state index in [-0.39, 0.29) is 11.5 Å². The average Bonchev–Trinajstić information content (AvgIpc) is 2.01. The Bertz CT molecular complexity index is 289. The highest BCUT2D eigenvalue weighted by atomic mass is 35.5. The largest absolute Gasteiger partial charge is 0.455 e. The first-order valence-corrected chi connectivity index (χ1v) is 4.84. The first-order valence-electron chi connectivity index (χ1n) is 4.41. The molecule has 1 unspecified atom stereocenters. The van der Waals surface area contributed by atoms with Crippen LogP contribution < -0.4 is 5.32 Å². The van der Waals surface area contributed by atoms with Gasteiger partial charge in [-0.25, -0.2) is 4.79 Å². The molecule has 4 heteroatoms. The zero-order valence-corrected chi connectivity index (χ0v) is 9.26. The third kappa shape index (κ3) is 3.42. The molecule has 0 saturated carbocycles. The van der Waals surface area contributed by atoms with Gasteiger partial charge in [-0.3, -0.25) is 0 Å². The van der Waals surface area contributed by atoms with Crippen LogP contribution in [0.3, 0.4) is 0 Å². The average molecular weight is 216 g/mol. The number of carbonyl (C=O) groups is 1. The van der Waals surface area contributed by atoms with Crippen LogP contribution >= 0.6 is 11.6 Å². The number of ether oxygens (including phenoxy) is 1. The van der Waals surface area contributed by atoms with Gasteiger partial charge in [-0.15, -0.1) is 0 Å². The number of dihydropyridines is 1. The van der Waals surface area contributed by atoms with E-state index >= 15 is 0 Å². The van der Waals surface area contributed by atoms with Gasteiger partial charge in [-0.2, -0.15) is 0 Å². The molecule has 0 amide bonds. The first-order chi connectivity index (χ1) is 6.38. The highest BCUT2D eigenvalue weighted by molar-refractivity contribution is 6.22. The smallest absolute Gasteiger partial charge is 0.354 e. The monoisotopic (exact) mass is 215 g/mol. The predicted octanol–water partition coefficient (Wildman–Crippen LogP) is 1.94. The van der Waals surface area contributed by atoms with Crippen molar-refractivity contribution in [3.05, 3.63) is 23.9 Å². The van der Waals surface area contributed by atoms with E-state index < -0.39 is 5.60 Å². The molecule has 0 saturated heterocycles. The lowest BCUT2D eigenvalue weighted by molar-refractivity contribution is -0.150. The van der Waals surface area contributed by atoms with Crippen molar-refractivity contribution in [2.24, 2.45) is 0 Å². The molecule has 0 aromatic carbocycles. The molecule has 0 radical (unpaired) electrons. The van der Waals surface area contributed by atoms with Crippen molar-refractivity contribution in [1.29, 1.82) is 0 Å². The lowest BCUT2D eigenvalue weighted by Crippen LogP contribution is -2.33. The van der Waals surface area contributed by atoms with Crippen molar-refractivity contribution in [2.75, 3.05) is 0 Å². The molecule has 1 atom stereocenters. The maximum Gasteiger partial charge on any atom is 0.354 e. The Labute approximate surface area is 88.8 Å². The molecule has 3 nitrogen and oxygen atoms in total. The van der Waals surface area contributed by atoms with Gasteiger partial charge in [0.05, 0.1) is 0 Å². The Hall–Kier alpha value is -0.960. The number of halogens is 1. The third-order valence-corrected chi connectivity index (χ3v) is 1.71. The van der Waals surface area contributed by atoms with Crippen LogP contribution in [-0.4, -0.2) is 17.1 Å². The van der Waals surface area contributed by atoms with Gasteiger partial charge in [-0.1, -0.05) is 17.7 Å². The lowest BCUT2D eigenvalue weighted by Gasteiger charge is -2.22. The zero-order chi connectivity index (χ0) is 10.8. The number of esters is 1. The fraction of sp³-hybridized carbons (Fsp3) is 0.500. The van der Waals surface area contributed by atoms with Crippen molar-refractivity contribution in [3.8, 4) is 0 Å². The van der Waals surface area contributed by atoms with Crippen LogP contribution in [0, 0.1) is 0 Å². The first kappa shape index (κ1) is 11.1. The number of hydrogen-bond donors (Lipinski definition) is 1. The molecule has 0 spiro atoms. The van der Waals surface area contributed by atoms with Crippen LogP contribution in [0.15, 0.2) is 23.9 Å². The van der Waals surface area contributed by atoms with E-state index in [1.54, 1.807) is 18.2 Å². The van der Waals surface area contributed by atoms with Gasteiger partial charge in [0.2, 0.25) is 0 Å². The van der Waals surface area contributed by atoms with Crippen molar-refractivity contribution in [2.45, 2.75) is 31.9 Å². The Morgan fingerprint density at radius 3 is 2.71 bits per heavy atom. The molecule has 1 heterocycles. The highest BCUT2D eigenvalue weighted by Crippen LogP contribution is 2.12. The molecule has 78 valence electrons. The number of alkyl halides is 1. The Kier molecular flexibility index (Phi) is 3.21. The molecular formula is C10H14ClNO2. The minimum atomic E-state index is -0.484. The molecule has 0 aliphatic carbocycles. The summed E-state index contributed by atoms with van der Waals surface area (Å²) in [6.45, 7) is 5.47. The molecule has 0 fully saturated rings. The van der Waals surface area contributed by atoms with E-state index in [1.165, 1.54) is 0 Å². The fourth-order valence-corrected chi connectivity index (χ4v) is 1.16. The van der Waals surface area contributed by atoms with E-state index in [9.17, 15) is 4.79 Å². The quantitative estimate of drug-likeness (QED) is 0.413. The minimum Gasteiger partial charge on any atom is -0.455 e. The van der Waals surface area contributed by atoms with E-state index in [4.69, 9.17) is 16.3 Å². The van der Waals surface area contributed by atoms with Gasteiger partial charge in [0.25, 0.3) is 0 Å². The third-order valence-electron chi connectivity index (χ3n) is 1.46. The summed E-state index contributed by atoms with van der Waals surface area (Å²) in [5.74, 6) is -0.382. The summed E-state index contributed by atoms with van der Waals surface area (Å²) in [4.78, 5) is 11.5. The Balaban J connectivity index is 2.62. The molecule has 1 rings (SSSR count). The van der Waals surface area contributed by atoms with Crippen LogP contribution in [-0.2, 0) is 9.53 Å². The van der Waals surface area contributed by atoms with Crippen LogP contribution in [0.5, 0.6) is 0 Å². The summed E-state index contributed by atoms with van der Waals surface area (Å²) in [6.07, 6.45) is 5.12. The second kappa shape index (κ2) is 4.05. The van der Waals surface area contributed by atoms with E-state index in [2.05, 4.69) is 5.32 Å². The second-order valence-electron chi connectivity index (χ2n) is 4.01. The predicted molar refractivity (Wildman–Crippen MR) is 55.8 cm³/mol. The summed E-state index contributed by atoms with van der Waals surface area (Å²) in [5.41, 5.74) is -0.437. The van der Waals surface area contributed by atoms with Crippen LogP contribution in [0.1, 0.15) is 20.8 Å². The number of carbonyl (C=O) groups excluding carboxylic acids is 1. The summed E-state index contributed by atoms with van der Waals surface area (Å²) >= 11 is 5.78. The molecule has 1 N–H and O–H groups in total. The molecular weight excluding hydrogens is 202 g/mol. The molecule has 1 aliphatic heterocycles. The lowest BCUT2D eigenvalue weighted by atomic mass is 10.2. The van der Waals surface area contributed by atoms with Crippen LogP contribution in [0.25, 0.3) is 0 Å². The van der Waals surface area contributed by atoms with Crippen molar-refractivity contribution < 1.29 is 9.53 Å². The van der Waals surface area contributed by atoms with Gasteiger partial charge in [0.15, 0.2) is 0 Å². The topological polar surface area (TPSA) is 38.3 Å². The number of allylic oxidation sites excluding steroid dienone is 2. The number of rotatable bonds is 1. The number of nitrogens with one attached hydrogen (secondary N) is 1. The zero-order valence-electron chi connectivity index (χ0n) is 8.50. The summed E-state index contributed by atoms with van der Waals surface area (Å²) < 4.78 is 5.16. The maximum atomic E-state index is 11.5. The van der Waals surface area contributed by atoms with E-state index in [1.807, 2.05) is 20.8 Å². The minimum absolute atomic E-state index is 0.345. The summed E-state index contributed by atoms with van der Waals surface area (Å²) in [5, 5.41) is 2.80. The fourth-order valence-electron chi connectivity index (χ4n) is 0.954. The standard InChI is InChI=1S/C10H14ClNO2/c1-10(2,3)14-9(13)7-5-4-6-8(11)12-7/h4-6,8,12H,1-3H3. The van der Waals surface area contributed by atoms with Crippen molar-refractivity contribution in [3.63, 3.8) is 0 Å². The molecule has 0 bridgehead atoms. The molecule has 14 heavy (non-hydrogen) atoms. The van der Waals surface area contributed by atoms with Crippen LogP contribution in [0.4, 0.5) is 0 Å². The Morgan fingerprint density at radius 1 is 1.57 bits per heavy atom. The normalized spacial score (nSPS) is 21.1. The van der Waals surface area contributed by atoms with Gasteiger partial charge in [-0.05, 0) is 32.9 Å². The van der Waals surface area contributed by atoms with Crippen molar-refractivity contribution >= 4 is 17.6 Å².